The second kappa shape index (κ2) is 9.74. The van der Waals surface area contributed by atoms with Gasteiger partial charge in [-0.05, 0) is 17.9 Å². The maximum absolute atomic E-state index is 12.1. The van der Waals surface area contributed by atoms with E-state index in [9.17, 15) is 13.2 Å². The van der Waals surface area contributed by atoms with Crippen LogP contribution in [-0.4, -0.2) is 40.0 Å². The number of benzene rings is 1. The fourth-order valence-corrected chi connectivity index (χ4v) is 3.10. The number of hydrogen-bond donors (Lipinski definition) is 3. The topological polar surface area (TPSA) is 111 Å². The van der Waals surface area contributed by atoms with Crippen molar-refractivity contribution >= 4 is 16.1 Å². The third-order valence-electron chi connectivity index (χ3n) is 4.35. The Morgan fingerprint density at radius 2 is 1.96 bits per heavy atom. The summed E-state index contributed by atoms with van der Waals surface area (Å²) < 4.78 is 26.7. The van der Waals surface area contributed by atoms with Crippen molar-refractivity contribution in [3.05, 3.63) is 35.9 Å². The minimum absolute atomic E-state index is 0.00481. The second-order valence-corrected chi connectivity index (χ2v) is 8.11. The van der Waals surface area contributed by atoms with Crippen molar-refractivity contribution < 1.29 is 17.9 Å². The normalized spacial score (nSPS) is 16.0. The summed E-state index contributed by atoms with van der Waals surface area (Å²) in [6, 6.07) is 9.71. The molecule has 1 aromatic rings. The van der Waals surface area contributed by atoms with Crippen molar-refractivity contribution in [2.45, 2.75) is 31.7 Å². The van der Waals surface area contributed by atoms with Gasteiger partial charge < -0.3 is 15.4 Å². The van der Waals surface area contributed by atoms with Gasteiger partial charge in [-0.15, -0.1) is 0 Å². The summed E-state index contributed by atoms with van der Waals surface area (Å²) in [7, 11) is -3.51. The maximum Gasteiger partial charge on any atom is 0.315 e. The lowest BCUT2D eigenvalue weighted by molar-refractivity contribution is 0.150. The summed E-state index contributed by atoms with van der Waals surface area (Å²) in [4.78, 5) is 12.1. The van der Waals surface area contributed by atoms with E-state index in [0.717, 1.165) is 12.0 Å². The predicted octanol–water partition coefficient (Wildman–Crippen LogP) is 1.52. The first-order valence-electron chi connectivity index (χ1n) is 8.61. The van der Waals surface area contributed by atoms with Crippen molar-refractivity contribution in [2.75, 3.05) is 25.5 Å². The molecule has 0 spiro atoms. The van der Waals surface area contributed by atoms with Crippen LogP contribution in [0.3, 0.4) is 0 Å². The Kier molecular flexibility index (Phi) is 7.67. The predicted molar refractivity (Wildman–Crippen MR) is 96.5 cm³/mol. The van der Waals surface area contributed by atoms with Gasteiger partial charge in [-0.3, -0.25) is 0 Å². The highest BCUT2D eigenvalue weighted by molar-refractivity contribution is 7.89. The first-order chi connectivity index (χ1) is 11.9. The van der Waals surface area contributed by atoms with Crippen LogP contribution in [0.1, 0.15) is 37.3 Å². The van der Waals surface area contributed by atoms with Gasteiger partial charge in [0.1, 0.15) is 0 Å². The monoisotopic (exact) mass is 369 g/mol. The number of urea groups is 1. The Hall–Kier alpha value is -1.64. The van der Waals surface area contributed by atoms with E-state index in [1.807, 2.05) is 30.3 Å². The quantitative estimate of drug-likeness (QED) is 0.543. The molecule has 1 atom stereocenters. The zero-order valence-electron chi connectivity index (χ0n) is 14.3. The minimum Gasteiger partial charge on any atom is -0.379 e. The SMILES string of the molecule is NS(=O)(=O)CCOCCNC(=O)N[C@H](CC1CCC1)c1ccccc1. The molecule has 2 rings (SSSR count). The van der Waals surface area contributed by atoms with E-state index in [4.69, 9.17) is 9.88 Å². The van der Waals surface area contributed by atoms with E-state index in [1.165, 1.54) is 19.3 Å². The van der Waals surface area contributed by atoms with Crippen LogP contribution in [0.5, 0.6) is 0 Å². The van der Waals surface area contributed by atoms with Crippen molar-refractivity contribution in [3.63, 3.8) is 0 Å². The molecule has 0 heterocycles. The van der Waals surface area contributed by atoms with Crippen LogP contribution < -0.4 is 15.8 Å². The molecule has 2 amide bonds. The number of ether oxygens (including phenoxy) is 1. The standard InChI is InChI=1S/C17H27N3O4S/c18-25(22,23)12-11-24-10-9-19-17(21)20-16(13-14-5-4-6-14)15-7-2-1-3-8-15/h1-3,7-8,14,16H,4-6,9-13H2,(H2,18,22,23)(H2,19,20,21)/t16-/m1/s1. The first kappa shape index (κ1) is 19.7. The fraction of sp³-hybridized carbons (Fsp3) is 0.588. The summed E-state index contributed by atoms with van der Waals surface area (Å²) in [6.45, 7) is 0.569. The molecule has 0 bridgehead atoms. The van der Waals surface area contributed by atoms with Gasteiger partial charge in [0, 0.05) is 6.54 Å². The number of carbonyl (C=O) groups is 1. The third-order valence-corrected chi connectivity index (χ3v) is 5.08. The molecule has 7 nitrogen and oxygen atoms in total. The van der Waals surface area contributed by atoms with Crippen LogP contribution in [0.25, 0.3) is 0 Å². The summed E-state index contributed by atoms with van der Waals surface area (Å²) in [6.07, 6.45) is 4.67. The van der Waals surface area contributed by atoms with E-state index in [1.54, 1.807) is 0 Å². The largest absolute Gasteiger partial charge is 0.379 e. The number of rotatable bonds is 10. The summed E-state index contributed by atoms with van der Waals surface area (Å²) in [5.74, 6) is 0.448. The molecule has 0 aromatic heterocycles. The second-order valence-electron chi connectivity index (χ2n) is 6.38. The molecule has 1 aliphatic carbocycles. The molecule has 4 N–H and O–H groups in total. The van der Waals surface area contributed by atoms with Crippen LogP contribution >= 0.6 is 0 Å². The average Bonchev–Trinajstić information content (AvgIpc) is 2.52. The molecular formula is C17H27N3O4S. The van der Waals surface area contributed by atoms with Gasteiger partial charge in [-0.1, -0.05) is 49.6 Å². The molecule has 1 aromatic carbocycles. The van der Waals surface area contributed by atoms with E-state index in [0.29, 0.717) is 12.5 Å². The smallest absolute Gasteiger partial charge is 0.315 e. The fourth-order valence-electron chi connectivity index (χ4n) is 2.75. The van der Waals surface area contributed by atoms with Gasteiger partial charge in [0.05, 0.1) is 25.0 Å². The lowest BCUT2D eigenvalue weighted by Gasteiger charge is -2.30. The Morgan fingerprint density at radius 1 is 1.24 bits per heavy atom. The number of nitrogens with two attached hydrogens (primary N) is 1. The number of primary sulfonamides is 1. The number of amides is 2. The zero-order valence-corrected chi connectivity index (χ0v) is 15.1. The van der Waals surface area contributed by atoms with Gasteiger partial charge in [0.2, 0.25) is 10.0 Å². The lowest BCUT2D eigenvalue weighted by atomic mass is 9.79. The molecule has 0 aliphatic heterocycles. The zero-order chi connectivity index (χ0) is 18.1. The minimum atomic E-state index is -3.51. The Morgan fingerprint density at radius 3 is 2.56 bits per heavy atom. The number of sulfonamides is 1. The number of hydrogen-bond acceptors (Lipinski definition) is 4. The average molecular weight is 369 g/mol. The van der Waals surface area contributed by atoms with Crippen LogP contribution in [0.15, 0.2) is 30.3 Å². The van der Waals surface area contributed by atoms with E-state index < -0.39 is 10.0 Å². The molecule has 1 saturated carbocycles. The highest BCUT2D eigenvalue weighted by Gasteiger charge is 2.24. The lowest BCUT2D eigenvalue weighted by Crippen LogP contribution is -2.40. The van der Waals surface area contributed by atoms with Gasteiger partial charge in [-0.2, -0.15) is 0 Å². The highest BCUT2D eigenvalue weighted by Crippen LogP contribution is 2.34. The molecule has 0 unspecified atom stereocenters. The Labute approximate surface area is 149 Å². The van der Waals surface area contributed by atoms with Crippen LogP contribution in [0, 0.1) is 5.92 Å². The molecule has 8 heteroatoms. The van der Waals surface area contributed by atoms with Gasteiger partial charge in [0.25, 0.3) is 0 Å². The number of nitrogens with one attached hydrogen (secondary N) is 2. The van der Waals surface area contributed by atoms with Crippen molar-refractivity contribution in [1.82, 2.24) is 10.6 Å². The summed E-state index contributed by atoms with van der Waals surface area (Å²) in [5, 5.41) is 10.6. The summed E-state index contributed by atoms with van der Waals surface area (Å²) in [5.41, 5.74) is 1.11. The van der Waals surface area contributed by atoms with Crippen LogP contribution in [0.2, 0.25) is 0 Å². The highest BCUT2D eigenvalue weighted by atomic mass is 32.2. The van der Waals surface area contributed by atoms with Crippen molar-refractivity contribution in [1.29, 1.82) is 0 Å². The molecule has 0 saturated heterocycles. The Bertz CT molecular complexity index is 633. The van der Waals surface area contributed by atoms with E-state index in [-0.39, 0.29) is 31.0 Å². The molecule has 1 fully saturated rings. The van der Waals surface area contributed by atoms with Crippen LogP contribution in [0.4, 0.5) is 4.79 Å². The number of carbonyl (C=O) groups excluding carboxylic acids is 1. The van der Waals surface area contributed by atoms with Gasteiger partial charge >= 0.3 is 6.03 Å². The summed E-state index contributed by atoms with van der Waals surface area (Å²) >= 11 is 0. The maximum atomic E-state index is 12.1. The first-order valence-corrected chi connectivity index (χ1v) is 10.3. The van der Waals surface area contributed by atoms with Crippen LogP contribution in [-0.2, 0) is 14.8 Å². The van der Waals surface area contributed by atoms with E-state index in [2.05, 4.69) is 10.6 Å². The van der Waals surface area contributed by atoms with Crippen molar-refractivity contribution in [2.24, 2.45) is 11.1 Å². The van der Waals surface area contributed by atoms with Crippen molar-refractivity contribution in [3.8, 4) is 0 Å². The molecule has 0 radical (unpaired) electrons. The van der Waals surface area contributed by atoms with Gasteiger partial charge in [-0.25, -0.2) is 18.4 Å². The van der Waals surface area contributed by atoms with E-state index >= 15 is 0 Å². The molecule has 1 aliphatic rings. The molecular weight excluding hydrogens is 342 g/mol. The molecule has 140 valence electrons. The van der Waals surface area contributed by atoms with Gasteiger partial charge in [0.15, 0.2) is 0 Å². The Balaban J connectivity index is 1.71. The molecule has 25 heavy (non-hydrogen) atoms. The third kappa shape index (κ3) is 7.85.